The van der Waals surface area contributed by atoms with E-state index < -0.39 is 0 Å². The molecule has 2 N–H and O–H groups in total. The van der Waals surface area contributed by atoms with Crippen LogP contribution in [0.5, 0.6) is 0 Å². The Labute approximate surface area is 165 Å². The van der Waals surface area contributed by atoms with Crippen molar-refractivity contribution >= 4 is 41.7 Å². The number of aromatic nitrogens is 3. The summed E-state index contributed by atoms with van der Waals surface area (Å²) in [6, 6.07) is 0.369. The van der Waals surface area contributed by atoms with Gasteiger partial charge in [-0.1, -0.05) is 0 Å². The summed E-state index contributed by atoms with van der Waals surface area (Å²) in [4.78, 5) is 11.5. The molecule has 0 bridgehead atoms. The van der Waals surface area contributed by atoms with E-state index in [1.807, 2.05) is 16.4 Å². The number of halogens is 1. The van der Waals surface area contributed by atoms with Gasteiger partial charge in [-0.15, -0.1) is 24.0 Å². The molecule has 1 fully saturated rings. The van der Waals surface area contributed by atoms with Crippen molar-refractivity contribution in [1.82, 2.24) is 30.3 Å². The van der Waals surface area contributed by atoms with Gasteiger partial charge in [0.2, 0.25) is 0 Å². The Balaban J connectivity index is 0.00000208. The molecule has 3 heterocycles. The van der Waals surface area contributed by atoms with Gasteiger partial charge >= 0.3 is 0 Å². The van der Waals surface area contributed by atoms with Crippen LogP contribution in [0.4, 0.5) is 0 Å². The minimum absolute atomic E-state index is 0. The standard InChI is InChI=1S/C15H27N7S.HI/c1-2-16-15(17-5-6-21-7-9-23-10-8-21)20-13-3-4-14-18-12-19-22(14)11-13;/h12-13H,2-11H2,1H3,(H2,16,17,20);1H. The Morgan fingerprint density at radius 1 is 1.42 bits per heavy atom. The van der Waals surface area contributed by atoms with Gasteiger partial charge in [0.1, 0.15) is 12.2 Å². The van der Waals surface area contributed by atoms with Gasteiger partial charge in [-0.3, -0.25) is 9.89 Å². The molecule has 3 rings (SSSR count). The summed E-state index contributed by atoms with van der Waals surface area (Å²) in [6.45, 7) is 8.14. The zero-order valence-corrected chi connectivity index (χ0v) is 17.4. The fraction of sp³-hybridized carbons (Fsp3) is 0.800. The van der Waals surface area contributed by atoms with Crippen LogP contribution in [-0.4, -0.2) is 75.9 Å². The normalized spacial score (nSPS) is 21.7. The topological polar surface area (TPSA) is 70.4 Å². The van der Waals surface area contributed by atoms with Gasteiger partial charge in [0.15, 0.2) is 5.96 Å². The van der Waals surface area contributed by atoms with Gasteiger partial charge < -0.3 is 10.6 Å². The summed E-state index contributed by atoms with van der Waals surface area (Å²) in [5, 5.41) is 11.2. The maximum absolute atomic E-state index is 4.75. The minimum atomic E-state index is 0. The molecule has 1 atom stereocenters. The molecule has 1 aromatic rings. The predicted molar refractivity (Wildman–Crippen MR) is 110 cm³/mol. The monoisotopic (exact) mass is 465 g/mol. The van der Waals surface area contributed by atoms with Crippen LogP contribution in [0.2, 0.25) is 0 Å². The van der Waals surface area contributed by atoms with E-state index in [2.05, 4.69) is 32.5 Å². The first-order chi connectivity index (χ1) is 11.3. The van der Waals surface area contributed by atoms with E-state index in [0.29, 0.717) is 6.04 Å². The van der Waals surface area contributed by atoms with Gasteiger partial charge in [0, 0.05) is 50.1 Å². The first-order valence-corrected chi connectivity index (χ1v) is 9.72. The Morgan fingerprint density at radius 2 is 2.25 bits per heavy atom. The maximum Gasteiger partial charge on any atom is 0.191 e. The number of hydrogen-bond donors (Lipinski definition) is 2. The lowest BCUT2D eigenvalue weighted by molar-refractivity contribution is 0.311. The van der Waals surface area contributed by atoms with E-state index >= 15 is 0 Å². The molecule has 7 nitrogen and oxygen atoms in total. The lowest BCUT2D eigenvalue weighted by Crippen LogP contribution is -2.47. The summed E-state index contributed by atoms with van der Waals surface area (Å²) in [5.41, 5.74) is 0. The highest BCUT2D eigenvalue weighted by Crippen LogP contribution is 2.11. The summed E-state index contributed by atoms with van der Waals surface area (Å²) in [6.07, 6.45) is 3.70. The van der Waals surface area contributed by atoms with E-state index in [-0.39, 0.29) is 24.0 Å². The van der Waals surface area contributed by atoms with Crippen LogP contribution in [-0.2, 0) is 13.0 Å². The maximum atomic E-state index is 4.75. The van der Waals surface area contributed by atoms with Crippen LogP contribution in [0.15, 0.2) is 11.3 Å². The average molecular weight is 465 g/mol. The number of hydrogen-bond acceptors (Lipinski definition) is 5. The Kier molecular flexibility index (Phi) is 8.60. The number of nitrogens with zero attached hydrogens (tertiary/aromatic N) is 5. The van der Waals surface area contributed by atoms with E-state index in [9.17, 15) is 0 Å². The van der Waals surface area contributed by atoms with Crippen LogP contribution >= 0.6 is 35.7 Å². The van der Waals surface area contributed by atoms with Crippen molar-refractivity contribution in [3.63, 3.8) is 0 Å². The third kappa shape index (κ3) is 5.76. The molecule has 0 saturated carbocycles. The highest BCUT2D eigenvalue weighted by atomic mass is 127. The van der Waals surface area contributed by atoms with Crippen LogP contribution in [0, 0.1) is 0 Å². The van der Waals surface area contributed by atoms with Gasteiger partial charge in [-0.05, 0) is 13.3 Å². The van der Waals surface area contributed by atoms with E-state index in [1.54, 1.807) is 6.33 Å². The quantitative estimate of drug-likeness (QED) is 0.381. The van der Waals surface area contributed by atoms with Crippen molar-refractivity contribution in [3.05, 3.63) is 12.2 Å². The summed E-state index contributed by atoms with van der Waals surface area (Å²) >= 11 is 2.05. The molecule has 136 valence electrons. The smallest absolute Gasteiger partial charge is 0.191 e. The van der Waals surface area contributed by atoms with Crippen molar-refractivity contribution < 1.29 is 0 Å². The average Bonchev–Trinajstić information content (AvgIpc) is 3.04. The Hall–Kier alpha value is -0.550. The fourth-order valence-electron chi connectivity index (χ4n) is 3.00. The zero-order valence-electron chi connectivity index (χ0n) is 14.3. The van der Waals surface area contributed by atoms with E-state index in [0.717, 1.165) is 50.8 Å². The van der Waals surface area contributed by atoms with E-state index in [1.165, 1.54) is 24.6 Å². The minimum Gasteiger partial charge on any atom is -0.357 e. The molecule has 0 radical (unpaired) electrons. The number of aryl methyl sites for hydroxylation is 1. The van der Waals surface area contributed by atoms with E-state index in [4.69, 9.17) is 4.99 Å². The highest BCUT2D eigenvalue weighted by Gasteiger charge is 2.20. The zero-order chi connectivity index (χ0) is 15.9. The molecule has 1 unspecified atom stereocenters. The molecule has 0 spiro atoms. The molecule has 2 aliphatic heterocycles. The highest BCUT2D eigenvalue weighted by molar-refractivity contribution is 14.0. The lowest BCUT2D eigenvalue weighted by Gasteiger charge is -2.26. The number of thioether (sulfide) groups is 1. The van der Waals surface area contributed by atoms with Crippen molar-refractivity contribution in [2.75, 3.05) is 44.2 Å². The van der Waals surface area contributed by atoms with Crippen LogP contribution < -0.4 is 10.6 Å². The first kappa shape index (κ1) is 19.8. The van der Waals surface area contributed by atoms with Gasteiger partial charge in [-0.2, -0.15) is 16.9 Å². The van der Waals surface area contributed by atoms with Crippen molar-refractivity contribution in [3.8, 4) is 0 Å². The summed E-state index contributed by atoms with van der Waals surface area (Å²) in [7, 11) is 0. The predicted octanol–water partition coefficient (Wildman–Crippen LogP) is 0.815. The van der Waals surface area contributed by atoms with Crippen LogP contribution in [0.3, 0.4) is 0 Å². The fourth-order valence-corrected chi connectivity index (χ4v) is 3.98. The first-order valence-electron chi connectivity index (χ1n) is 8.57. The Bertz CT molecular complexity index is 516. The second kappa shape index (κ2) is 10.4. The van der Waals surface area contributed by atoms with Crippen molar-refractivity contribution in [2.45, 2.75) is 32.4 Å². The third-order valence-corrected chi connectivity index (χ3v) is 5.22. The van der Waals surface area contributed by atoms with Crippen LogP contribution in [0.25, 0.3) is 0 Å². The number of aliphatic imine (C=N–C) groups is 1. The summed E-state index contributed by atoms with van der Waals surface area (Å²) < 4.78 is 2.00. The number of nitrogens with one attached hydrogen (secondary N) is 2. The molecule has 2 aliphatic rings. The molecular formula is C15H28IN7S. The molecule has 0 aliphatic carbocycles. The number of rotatable bonds is 5. The van der Waals surface area contributed by atoms with Gasteiger partial charge in [-0.25, -0.2) is 9.67 Å². The number of guanidine groups is 1. The van der Waals surface area contributed by atoms with Gasteiger partial charge in [0.05, 0.1) is 13.1 Å². The molecule has 9 heteroatoms. The molecule has 0 aromatic carbocycles. The van der Waals surface area contributed by atoms with Gasteiger partial charge in [0.25, 0.3) is 0 Å². The summed E-state index contributed by atoms with van der Waals surface area (Å²) in [5.74, 6) is 4.52. The van der Waals surface area contributed by atoms with Crippen molar-refractivity contribution in [1.29, 1.82) is 0 Å². The lowest BCUT2D eigenvalue weighted by atomic mass is 10.1. The second-order valence-electron chi connectivity index (χ2n) is 5.95. The molecule has 1 aromatic heterocycles. The molecule has 24 heavy (non-hydrogen) atoms. The third-order valence-electron chi connectivity index (χ3n) is 4.28. The molecular weight excluding hydrogens is 437 g/mol. The number of fused-ring (bicyclic) bond motifs is 1. The van der Waals surface area contributed by atoms with Crippen LogP contribution in [0.1, 0.15) is 19.2 Å². The second-order valence-corrected chi connectivity index (χ2v) is 7.18. The molecule has 0 amide bonds. The Morgan fingerprint density at radius 3 is 3.04 bits per heavy atom. The largest absolute Gasteiger partial charge is 0.357 e. The van der Waals surface area contributed by atoms with Crippen molar-refractivity contribution in [2.24, 2.45) is 4.99 Å². The SMILES string of the molecule is CCNC(=NCCN1CCSCC1)NC1CCc2ncnn2C1.I. The molecule has 1 saturated heterocycles.